The summed E-state index contributed by atoms with van der Waals surface area (Å²) in [7, 11) is 0. The molecule has 0 fully saturated rings. The number of furan rings is 1. The smallest absolute Gasteiger partial charge is 0.136 e. The largest absolute Gasteiger partial charge is 0.456 e. The molecule has 0 spiro atoms. The van der Waals surface area contributed by atoms with Crippen LogP contribution in [0.3, 0.4) is 0 Å². The molecule has 0 N–H and O–H groups in total. The van der Waals surface area contributed by atoms with E-state index in [1.807, 2.05) is 0 Å². The Bertz CT molecular complexity index is 4460. The highest BCUT2D eigenvalue weighted by Crippen LogP contribution is 2.45. The third kappa shape index (κ3) is 4.47. The average Bonchev–Trinajstić information content (AvgIpc) is 3.50. The molecule has 0 unspecified atom stereocenters. The Balaban J connectivity index is 1.41. The van der Waals surface area contributed by atoms with Crippen LogP contribution in [0.5, 0.6) is 0 Å². The van der Waals surface area contributed by atoms with Gasteiger partial charge in [-0.15, -0.1) is 0 Å². The minimum atomic E-state index is -1.10. The average molecular weight is 653 g/mol. The Morgan fingerprint density at radius 1 is 0.327 bits per heavy atom. The summed E-state index contributed by atoms with van der Waals surface area (Å²) < 4.78 is 275. The van der Waals surface area contributed by atoms with Gasteiger partial charge in [0.15, 0.2) is 0 Å². The van der Waals surface area contributed by atoms with Crippen LogP contribution in [-0.2, 0) is 0 Å². The number of benzene rings is 9. The van der Waals surface area contributed by atoms with Gasteiger partial charge < -0.3 is 4.42 Å². The van der Waals surface area contributed by atoms with Crippen molar-refractivity contribution in [2.24, 2.45) is 0 Å². The molecule has 0 saturated carbocycles. The predicted octanol–water partition coefficient (Wildman–Crippen LogP) is 13.7. The summed E-state index contributed by atoms with van der Waals surface area (Å²) in [6.45, 7) is 0. The van der Waals surface area contributed by atoms with E-state index >= 15 is 0 Å². The summed E-state index contributed by atoms with van der Waals surface area (Å²) in [6, 6.07) is -28.6. The Morgan fingerprint density at radius 3 is 1.51 bits per heavy atom. The van der Waals surface area contributed by atoms with Crippen molar-refractivity contribution in [3.05, 3.63) is 181 Å². The molecular formula is C48H30O. The van der Waals surface area contributed by atoms with Crippen LogP contribution in [0.15, 0.2) is 186 Å². The van der Waals surface area contributed by atoms with E-state index in [-0.39, 0.29) is 0 Å². The maximum Gasteiger partial charge on any atom is 0.136 e. The molecule has 0 aliphatic rings. The molecule has 0 aliphatic heterocycles. The van der Waals surface area contributed by atoms with E-state index in [9.17, 15) is 16.4 Å². The molecule has 0 atom stereocenters. The molecule has 1 heterocycles. The quantitative estimate of drug-likeness (QED) is 0.172. The lowest BCUT2D eigenvalue weighted by molar-refractivity contribution is 0.669. The maximum absolute atomic E-state index is 9.81. The fourth-order valence-corrected chi connectivity index (χ4v) is 5.77. The number of hydrogen-bond donors (Lipinski definition) is 0. The van der Waals surface area contributed by atoms with Crippen LogP contribution in [0, 0.1) is 0 Å². The van der Waals surface area contributed by atoms with E-state index in [0.717, 1.165) is 0 Å². The Hall–Kier alpha value is -6.44. The summed E-state index contributed by atoms with van der Waals surface area (Å²) in [5.41, 5.74) is -7.31. The van der Waals surface area contributed by atoms with Gasteiger partial charge in [-0.25, -0.2) is 0 Å². The summed E-state index contributed by atoms with van der Waals surface area (Å²) >= 11 is 0. The molecular weight excluding hydrogens is 593 g/mol. The molecule has 228 valence electrons. The van der Waals surface area contributed by atoms with Gasteiger partial charge in [-0.2, -0.15) is 0 Å². The van der Waals surface area contributed by atoms with Crippen LogP contribution >= 0.6 is 0 Å². The molecule has 0 saturated heterocycles. The first-order valence-electron chi connectivity index (χ1n) is 29.4. The fraction of sp³-hybridized carbons (Fsp3) is 0. The number of rotatable bonds is 4. The number of fused-ring (bicyclic) bond motifs is 6. The summed E-state index contributed by atoms with van der Waals surface area (Å²) in [4.78, 5) is 0. The minimum absolute atomic E-state index is 0.561. The van der Waals surface area contributed by atoms with Crippen molar-refractivity contribution in [3.8, 4) is 44.5 Å². The predicted molar refractivity (Wildman–Crippen MR) is 208 cm³/mol. The molecule has 10 rings (SSSR count). The highest BCUT2D eigenvalue weighted by molar-refractivity contribution is 6.22. The zero-order valence-corrected chi connectivity index (χ0v) is 24.4. The van der Waals surface area contributed by atoms with E-state index in [0.29, 0.717) is 0 Å². The van der Waals surface area contributed by atoms with Gasteiger partial charge >= 0.3 is 0 Å². The summed E-state index contributed by atoms with van der Waals surface area (Å²) in [6.07, 6.45) is 0. The minimum Gasteiger partial charge on any atom is -0.456 e. The van der Waals surface area contributed by atoms with E-state index < -0.39 is 280 Å². The van der Waals surface area contributed by atoms with Crippen LogP contribution in [0.4, 0.5) is 0 Å². The molecule has 1 nitrogen and oxygen atoms in total. The van der Waals surface area contributed by atoms with Crippen molar-refractivity contribution in [2.45, 2.75) is 0 Å². The lowest BCUT2D eigenvalue weighted by atomic mass is 9.85. The second-order valence-electron chi connectivity index (χ2n) is 10.5. The molecule has 1 heteroatoms. The van der Waals surface area contributed by atoms with Crippen molar-refractivity contribution >= 4 is 54.3 Å². The molecule has 9 aromatic carbocycles. The maximum atomic E-state index is 9.81. The van der Waals surface area contributed by atoms with Gasteiger partial charge in [0, 0.05) is 10.8 Å². The van der Waals surface area contributed by atoms with Crippen LogP contribution in [0.1, 0.15) is 41.1 Å². The number of hydrogen-bond acceptors (Lipinski definition) is 1. The second kappa shape index (κ2) is 11.1. The standard InChI is InChI=1S/C48H30O/c1-3-12-31(13-4-1)35-26-27-44-43(30-35)48-38(20-11-21-45(48)49-44)36-24-22-34-29-37(25-23-33(34)28-36)47-41-18-9-7-16-39(41)46(32-14-5-2-6-15-32)40-17-8-10-19-42(40)47/h1-30H/i1D,2D,3D,4D,5D,6D,7D,8D,9D,10D,11D,12D,13D,14D,15D,16D,17D,18D,19D,20D,21D,22D,23D,24D,25D,26D,27D,28D,29D,30D. The molecule has 10 aromatic rings. The Labute approximate surface area is 326 Å². The van der Waals surface area contributed by atoms with Crippen molar-refractivity contribution in [2.75, 3.05) is 0 Å². The fourth-order valence-electron chi connectivity index (χ4n) is 5.77. The first-order chi connectivity index (χ1) is 36.8. The van der Waals surface area contributed by atoms with Gasteiger partial charge in [-0.05, 0) is 107 Å². The van der Waals surface area contributed by atoms with Crippen molar-refractivity contribution in [3.63, 3.8) is 0 Å². The van der Waals surface area contributed by atoms with E-state index in [4.69, 9.17) is 29.1 Å². The molecule has 0 amide bonds. The van der Waals surface area contributed by atoms with Gasteiger partial charge in [0.2, 0.25) is 0 Å². The molecule has 0 radical (unpaired) electrons. The Kier molecular flexibility index (Phi) is 2.50. The van der Waals surface area contributed by atoms with Crippen LogP contribution in [-0.4, -0.2) is 0 Å². The SMILES string of the molecule is [2H]c1c([2H])c([2H])c(-c2c([2H])c([2H])c3oc4c([2H])c([2H])c([2H])c(-c5c([2H])c([2H])c6c([2H])c(-c7c8c([2H])c([2H])c([2H])c([2H])c8c(-c8c([2H])c([2H])c([2H])c([2H])c8[2H])c8c([2H])c([2H])c([2H])c([2H])c78)c([2H])c([2H])c6c5[2H])c4c3c2[2H])c([2H])c1[2H]. The third-order valence-corrected chi connectivity index (χ3v) is 7.82. The van der Waals surface area contributed by atoms with Crippen LogP contribution in [0.25, 0.3) is 98.8 Å². The monoisotopic (exact) mass is 652 g/mol. The topological polar surface area (TPSA) is 13.1 Å². The molecule has 0 bridgehead atoms. The second-order valence-corrected chi connectivity index (χ2v) is 10.5. The highest BCUT2D eigenvalue weighted by atomic mass is 16.3. The lowest BCUT2D eigenvalue weighted by Crippen LogP contribution is -1.90. The van der Waals surface area contributed by atoms with Crippen molar-refractivity contribution in [1.82, 2.24) is 0 Å². The van der Waals surface area contributed by atoms with Crippen LogP contribution < -0.4 is 0 Å². The van der Waals surface area contributed by atoms with Crippen LogP contribution in [0.2, 0.25) is 0 Å². The van der Waals surface area contributed by atoms with Crippen molar-refractivity contribution < 1.29 is 45.5 Å². The molecule has 0 aliphatic carbocycles. The highest BCUT2D eigenvalue weighted by Gasteiger charge is 2.17. The van der Waals surface area contributed by atoms with Crippen molar-refractivity contribution in [1.29, 1.82) is 0 Å². The van der Waals surface area contributed by atoms with Gasteiger partial charge in [-0.3, -0.25) is 0 Å². The Morgan fingerprint density at radius 2 is 0.857 bits per heavy atom. The normalized spacial score (nSPS) is 20.2. The zero-order valence-electron chi connectivity index (χ0n) is 54.4. The van der Waals surface area contributed by atoms with Gasteiger partial charge in [0.05, 0.1) is 41.1 Å². The summed E-state index contributed by atoms with van der Waals surface area (Å²) in [5.74, 6) is 0. The van der Waals surface area contributed by atoms with E-state index in [2.05, 4.69) is 0 Å². The molecule has 1 aromatic heterocycles. The first kappa shape index (κ1) is 11.1. The van der Waals surface area contributed by atoms with Gasteiger partial charge in [0.25, 0.3) is 0 Å². The molecule has 49 heavy (non-hydrogen) atoms. The summed E-state index contributed by atoms with van der Waals surface area (Å²) in [5, 5.41) is -5.62. The van der Waals surface area contributed by atoms with E-state index in [1.165, 1.54) is 0 Å². The zero-order chi connectivity index (χ0) is 58.4. The lowest BCUT2D eigenvalue weighted by Gasteiger charge is -2.18. The first-order valence-corrected chi connectivity index (χ1v) is 14.4. The van der Waals surface area contributed by atoms with E-state index in [1.54, 1.807) is 0 Å². The van der Waals surface area contributed by atoms with Gasteiger partial charge in [-0.1, -0.05) is 151 Å². The third-order valence-electron chi connectivity index (χ3n) is 7.82. The van der Waals surface area contributed by atoms with Gasteiger partial charge in [0.1, 0.15) is 11.2 Å².